The van der Waals surface area contributed by atoms with Gasteiger partial charge in [0.1, 0.15) is 5.75 Å². The highest BCUT2D eigenvalue weighted by molar-refractivity contribution is 5.83. The summed E-state index contributed by atoms with van der Waals surface area (Å²) in [4.78, 5) is 29.7. The van der Waals surface area contributed by atoms with E-state index in [0.717, 1.165) is 69.6 Å². The Bertz CT molecular complexity index is 727. The Hall–Kier alpha value is -2.08. The van der Waals surface area contributed by atoms with E-state index < -0.39 is 0 Å². The van der Waals surface area contributed by atoms with Gasteiger partial charge in [0, 0.05) is 38.5 Å². The van der Waals surface area contributed by atoms with Crippen molar-refractivity contribution in [1.82, 2.24) is 15.1 Å². The molecule has 0 radical (unpaired) electrons. The molecule has 0 aromatic heterocycles. The molecular weight excluding hydrogens is 366 g/mol. The van der Waals surface area contributed by atoms with Crippen LogP contribution in [0.25, 0.3) is 0 Å². The molecule has 2 saturated heterocycles. The maximum Gasteiger partial charge on any atom is 0.226 e. The summed E-state index contributed by atoms with van der Waals surface area (Å²) in [5, 5.41) is 3.40. The van der Waals surface area contributed by atoms with E-state index in [4.69, 9.17) is 4.74 Å². The Morgan fingerprint density at radius 1 is 1.07 bits per heavy atom. The summed E-state index contributed by atoms with van der Waals surface area (Å²) in [5.41, 5.74) is 1.43. The van der Waals surface area contributed by atoms with Gasteiger partial charge in [-0.1, -0.05) is 12.1 Å². The van der Waals surface area contributed by atoms with Gasteiger partial charge in [-0.05, 0) is 68.3 Å². The Balaban J connectivity index is 1.25. The van der Waals surface area contributed by atoms with E-state index >= 15 is 0 Å². The maximum absolute atomic E-state index is 13.0. The number of rotatable bonds is 5. The fourth-order valence-electron chi connectivity index (χ4n) is 4.98. The van der Waals surface area contributed by atoms with E-state index in [2.05, 4.69) is 5.32 Å². The second kappa shape index (κ2) is 8.74. The number of hydrogen-bond acceptors (Lipinski definition) is 4. The van der Waals surface area contributed by atoms with Gasteiger partial charge in [-0.3, -0.25) is 9.59 Å². The summed E-state index contributed by atoms with van der Waals surface area (Å²) in [6.45, 7) is 4.96. The van der Waals surface area contributed by atoms with Crippen LogP contribution in [0, 0.1) is 11.3 Å². The van der Waals surface area contributed by atoms with Crippen molar-refractivity contribution in [2.75, 3.05) is 46.4 Å². The molecule has 1 aromatic rings. The zero-order valence-corrected chi connectivity index (χ0v) is 17.5. The summed E-state index contributed by atoms with van der Waals surface area (Å²) < 4.78 is 5.18. The van der Waals surface area contributed by atoms with E-state index in [9.17, 15) is 9.59 Å². The average molecular weight is 400 g/mol. The van der Waals surface area contributed by atoms with Gasteiger partial charge in [-0.25, -0.2) is 0 Å². The van der Waals surface area contributed by atoms with Gasteiger partial charge in [0.05, 0.1) is 7.11 Å². The normalized spacial score (nSPS) is 23.6. The van der Waals surface area contributed by atoms with Gasteiger partial charge in [0.25, 0.3) is 0 Å². The van der Waals surface area contributed by atoms with Crippen LogP contribution in [0.15, 0.2) is 24.3 Å². The second-order valence-electron chi connectivity index (χ2n) is 8.78. The number of benzene rings is 1. The fourth-order valence-corrected chi connectivity index (χ4v) is 4.98. The van der Waals surface area contributed by atoms with Crippen molar-refractivity contribution in [3.8, 4) is 5.75 Å². The highest BCUT2D eigenvalue weighted by Crippen LogP contribution is 2.59. The van der Waals surface area contributed by atoms with Crippen LogP contribution in [0.4, 0.5) is 0 Å². The summed E-state index contributed by atoms with van der Waals surface area (Å²) in [6, 6.07) is 7.90. The number of nitrogens with zero attached hydrogens (tertiary/aromatic N) is 2. The Labute approximate surface area is 173 Å². The Kier molecular flexibility index (Phi) is 6.09. The highest BCUT2D eigenvalue weighted by atomic mass is 16.5. The molecule has 2 aliphatic heterocycles. The maximum atomic E-state index is 13.0. The third kappa shape index (κ3) is 4.58. The van der Waals surface area contributed by atoms with Crippen LogP contribution in [0.2, 0.25) is 0 Å². The number of piperidine rings is 1. The van der Waals surface area contributed by atoms with E-state index in [1.807, 2.05) is 34.1 Å². The standard InChI is InChI=1S/C23H33N3O3/c1-29-19-6-3-18(4-7-19)5-8-21(27)25-13-2-14-26(16-15-25)22(28)20-17-23(20)9-11-24-12-10-23/h3-4,6-7,20,24H,2,5,8-17H2,1H3. The first kappa shape index (κ1) is 20.2. The first-order valence-corrected chi connectivity index (χ1v) is 11.0. The second-order valence-corrected chi connectivity index (χ2v) is 8.78. The molecule has 1 N–H and O–H groups in total. The predicted molar refractivity (Wildman–Crippen MR) is 112 cm³/mol. The Morgan fingerprint density at radius 2 is 1.76 bits per heavy atom. The molecule has 6 heteroatoms. The van der Waals surface area contributed by atoms with Crippen LogP contribution in [0.5, 0.6) is 5.75 Å². The molecule has 1 atom stereocenters. The Morgan fingerprint density at radius 3 is 2.48 bits per heavy atom. The lowest BCUT2D eigenvalue weighted by molar-refractivity contribution is -0.135. The SMILES string of the molecule is COc1ccc(CCC(=O)N2CCCN(C(=O)C3CC34CCNCC4)CC2)cc1. The molecule has 3 fully saturated rings. The van der Waals surface area contributed by atoms with E-state index in [1.165, 1.54) is 0 Å². The molecule has 158 valence electrons. The quantitative estimate of drug-likeness (QED) is 0.824. The number of nitrogens with one attached hydrogen (secondary N) is 1. The largest absolute Gasteiger partial charge is 0.497 e. The number of methoxy groups -OCH3 is 1. The molecule has 1 saturated carbocycles. The molecule has 29 heavy (non-hydrogen) atoms. The smallest absolute Gasteiger partial charge is 0.226 e. The molecule has 1 unspecified atom stereocenters. The molecule has 1 aromatic carbocycles. The van der Waals surface area contributed by atoms with Crippen molar-refractivity contribution in [2.45, 2.75) is 38.5 Å². The van der Waals surface area contributed by atoms with Crippen molar-refractivity contribution >= 4 is 11.8 Å². The summed E-state index contributed by atoms with van der Waals surface area (Å²) in [7, 11) is 1.65. The first-order valence-electron chi connectivity index (χ1n) is 11.0. The molecule has 2 amide bonds. The number of carbonyl (C=O) groups excluding carboxylic acids is 2. The van der Waals surface area contributed by atoms with Crippen LogP contribution in [-0.4, -0.2) is 68.0 Å². The van der Waals surface area contributed by atoms with Crippen LogP contribution in [0.1, 0.15) is 37.7 Å². The van der Waals surface area contributed by atoms with E-state index in [-0.39, 0.29) is 17.2 Å². The van der Waals surface area contributed by atoms with Gasteiger partial charge in [0.2, 0.25) is 11.8 Å². The lowest BCUT2D eigenvalue weighted by Gasteiger charge is -2.26. The van der Waals surface area contributed by atoms with Crippen molar-refractivity contribution in [1.29, 1.82) is 0 Å². The predicted octanol–water partition coefficient (Wildman–Crippen LogP) is 2.08. The monoisotopic (exact) mass is 399 g/mol. The highest BCUT2D eigenvalue weighted by Gasteiger charge is 2.58. The zero-order chi connectivity index (χ0) is 20.3. The van der Waals surface area contributed by atoms with Crippen LogP contribution < -0.4 is 10.1 Å². The van der Waals surface area contributed by atoms with Crippen molar-refractivity contribution < 1.29 is 14.3 Å². The molecule has 4 rings (SSSR count). The minimum absolute atomic E-state index is 0.191. The van der Waals surface area contributed by atoms with Gasteiger partial charge >= 0.3 is 0 Å². The molecule has 0 bridgehead atoms. The molecule has 3 aliphatic rings. The number of aryl methyl sites for hydroxylation is 1. The topological polar surface area (TPSA) is 61.9 Å². The van der Waals surface area contributed by atoms with Crippen molar-refractivity contribution in [3.63, 3.8) is 0 Å². The lowest BCUT2D eigenvalue weighted by atomic mass is 9.91. The van der Waals surface area contributed by atoms with Gasteiger partial charge < -0.3 is 19.9 Å². The van der Waals surface area contributed by atoms with E-state index in [0.29, 0.717) is 25.4 Å². The van der Waals surface area contributed by atoms with Gasteiger partial charge in [-0.15, -0.1) is 0 Å². The molecule has 6 nitrogen and oxygen atoms in total. The third-order valence-corrected chi connectivity index (χ3v) is 7.03. The van der Waals surface area contributed by atoms with Crippen LogP contribution in [-0.2, 0) is 16.0 Å². The van der Waals surface area contributed by atoms with Crippen LogP contribution >= 0.6 is 0 Å². The molecule has 1 aliphatic carbocycles. The average Bonchev–Trinajstić information content (AvgIpc) is 3.50. The third-order valence-electron chi connectivity index (χ3n) is 7.03. The molecule has 1 spiro atoms. The van der Waals surface area contributed by atoms with Crippen molar-refractivity contribution in [3.05, 3.63) is 29.8 Å². The van der Waals surface area contributed by atoms with Crippen LogP contribution in [0.3, 0.4) is 0 Å². The summed E-state index contributed by atoms with van der Waals surface area (Å²) in [6.07, 6.45) is 5.45. The minimum atomic E-state index is 0.191. The summed E-state index contributed by atoms with van der Waals surface area (Å²) in [5.74, 6) is 1.58. The van der Waals surface area contributed by atoms with Gasteiger partial charge in [0.15, 0.2) is 0 Å². The number of ether oxygens (including phenoxy) is 1. The lowest BCUT2D eigenvalue weighted by Crippen LogP contribution is -2.39. The fraction of sp³-hybridized carbons (Fsp3) is 0.652. The first-order chi connectivity index (χ1) is 14.1. The van der Waals surface area contributed by atoms with Crippen molar-refractivity contribution in [2.24, 2.45) is 11.3 Å². The van der Waals surface area contributed by atoms with Gasteiger partial charge in [-0.2, -0.15) is 0 Å². The number of carbonyl (C=O) groups is 2. The van der Waals surface area contributed by atoms with E-state index in [1.54, 1.807) is 7.11 Å². The minimum Gasteiger partial charge on any atom is -0.497 e. The molecular formula is C23H33N3O3. The summed E-state index contributed by atoms with van der Waals surface area (Å²) >= 11 is 0. The zero-order valence-electron chi connectivity index (χ0n) is 17.5. The number of amides is 2. The molecule has 2 heterocycles. The number of hydrogen-bond donors (Lipinski definition) is 1.